The molecule has 1 heterocycles. The van der Waals surface area contributed by atoms with Crippen molar-refractivity contribution in [2.24, 2.45) is 0 Å². The number of ketones is 1. The van der Waals surface area contributed by atoms with E-state index in [1.807, 2.05) is 0 Å². The number of amides is 1. The van der Waals surface area contributed by atoms with E-state index in [0.29, 0.717) is 17.0 Å². The number of anilines is 1. The Bertz CT molecular complexity index is 573. The number of nitrogens with zero attached hydrogens (tertiary/aromatic N) is 2. The highest BCUT2D eigenvalue weighted by Gasteiger charge is 2.35. The highest BCUT2D eigenvalue weighted by atomic mass is 19.1. The van der Waals surface area contributed by atoms with Crippen LogP contribution in [0.5, 0.6) is 0 Å². The molecule has 0 unspecified atom stereocenters. The van der Waals surface area contributed by atoms with Crippen LogP contribution in [0.15, 0.2) is 12.1 Å². The van der Waals surface area contributed by atoms with Gasteiger partial charge in [-0.15, -0.1) is 0 Å². The molecule has 0 aliphatic carbocycles. The van der Waals surface area contributed by atoms with E-state index in [1.54, 1.807) is 0 Å². The predicted molar refractivity (Wildman–Crippen MR) is 55.0 cm³/mol. The maximum atomic E-state index is 13.7. The summed E-state index contributed by atoms with van der Waals surface area (Å²) in [6.07, 6.45) is -0.457. The van der Waals surface area contributed by atoms with Crippen molar-refractivity contribution >= 4 is 23.1 Å². The van der Waals surface area contributed by atoms with Gasteiger partial charge < -0.3 is 0 Å². The fourth-order valence-corrected chi connectivity index (χ4v) is 1.71. The van der Waals surface area contributed by atoms with E-state index in [-0.39, 0.29) is 0 Å². The second-order valence-corrected chi connectivity index (χ2v) is 3.68. The lowest BCUT2D eigenvalue weighted by Crippen LogP contribution is -2.27. The predicted octanol–water partition coefficient (Wildman–Crippen LogP) is 1.18. The molecule has 0 N–H and O–H groups in total. The number of carbonyl (C=O) groups is 2. The van der Waals surface area contributed by atoms with Crippen LogP contribution in [0.1, 0.15) is 6.42 Å². The molecule has 1 aliphatic heterocycles. The van der Waals surface area contributed by atoms with Crippen molar-refractivity contribution < 1.29 is 23.3 Å². The summed E-state index contributed by atoms with van der Waals surface area (Å²) in [4.78, 5) is 32.5. The molecule has 0 spiro atoms. The summed E-state index contributed by atoms with van der Waals surface area (Å²) in [6, 6.07) is 1.35. The zero-order chi connectivity index (χ0) is 13.4. The molecule has 94 valence electrons. The molecule has 0 aromatic heterocycles. The molecule has 1 saturated heterocycles. The molecule has 1 amide bonds. The van der Waals surface area contributed by atoms with Gasteiger partial charge in [0.2, 0.25) is 11.7 Å². The maximum Gasteiger partial charge on any atom is 0.307 e. The van der Waals surface area contributed by atoms with Crippen LogP contribution >= 0.6 is 0 Å². The Labute approximate surface area is 99.0 Å². The number of Topliss-reactive ketones (excluding diaryl/α,β-unsaturated/α-hetero) is 1. The first-order valence-corrected chi connectivity index (χ1v) is 4.86. The molecule has 6 nitrogen and oxygen atoms in total. The molecule has 0 bridgehead atoms. The zero-order valence-electron chi connectivity index (χ0n) is 8.85. The lowest BCUT2D eigenvalue weighted by molar-refractivity contribution is -0.387. The van der Waals surface area contributed by atoms with Gasteiger partial charge in [-0.2, -0.15) is 4.39 Å². The number of nitro benzene ring substituents is 1. The molecule has 8 heteroatoms. The smallest absolute Gasteiger partial charge is 0.299 e. The zero-order valence-corrected chi connectivity index (χ0v) is 8.85. The second-order valence-electron chi connectivity index (χ2n) is 3.68. The summed E-state index contributed by atoms with van der Waals surface area (Å²) in [6.45, 7) is -0.478. The third-order valence-electron chi connectivity index (χ3n) is 2.50. The van der Waals surface area contributed by atoms with Gasteiger partial charge in [0, 0.05) is 6.07 Å². The van der Waals surface area contributed by atoms with Crippen molar-refractivity contribution in [2.45, 2.75) is 6.42 Å². The minimum atomic E-state index is -1.46. The van der Waals surface area contributed by atoms with Gasteiger partial charge >= 0.3 is 5.69 Å². The van der Waals surface area contributed by atoms with Crippen LogP contribution in [-0.2, 0) is 9.59 Å². The number of nitro groups is 1. The third-order valence-corrected chi connectivity index (χ3v) is 2.50. The normalized spacial score (nSPS) is 15.3. The number of hydrogen-bond donors (Lipinski definition) is 0. The minimum absolute atomic E-state index is 0.457. The quantitative estimate of drug-likeness (QED) is 0.452. The number of carbonyl (C=O) groups excluding carboxylic acids is 2. The summed E-state index contributed by atoms with van der Waals surface area (Å²) in [5.74, 6) is -3.85. The molecular weight excluding hydrogens is 250 g/mol. The van der Waals surface area contributed by atoms with E-state index in [2.05, 4.69) is 0 Å². The Hall–Kier alpha value is -2.38. The molecule has 1 aromatic carbocycles. The number of benzene rings is 1. The molecule has 1 aromatic rings. The van der Waals surface area contributed by atoms with Crippen LogP contribution in [0, 0.1) is 21.7 Å². The SMILES string of the molecule is O=C1CC(=O)N(c2c(F)ccc([N+](=O)[O-])c2F)C1. The second kappa shape index (κ2) is 4.13. The van der Waals surface area contributed by atoms with Crippen LogP contribution < -0.4 is 4.90 Å². The van der Waals surface area contributed by atoms with Gasteiger partial charge in [-0.1, -0.05) is 0 Å². The largest absolute Gasteiger partial charge is 0.307 e. The van der Waals surface area contributed by atoms with E-state index in [9.17, 15) is 28.5 Å². The molecule has 1 aliphatic rings. The highest BCUT2D eigenvalue weighted by molar-refractivity contribution is 6.15. The Morgan fingerprint density at radius 2 is 1.94 bits per heavy atom. The van der Waals surface area contributed by atoms with Crippen molar-refractivity contribution in [1.82, 2.24) is 0 Å². The van der Waals surface area contributed by atoms with Gasteiger partial charge in [-0.25, -0.2) is 4.39 Å². The fraction of sp³-hybridized carbons (Fsp3) is 0.200. The fourth-order valence-electron chi connectivity index (χ4n) is 1.71. The van der Waals surface area contributed by atoms with Crippen molar-refractivity contribution in [3.8, 4) is 0 Å². The van der Waals surface area contributed by atoms with Crippen molar-refractivity contribution in [1.29, 1.82) is 0 Å². The molecule has 0 atom stereocenters. The van der Waals surface area contributed by atoms with E-state index in [1.165, 1.54) is 0 Å². The summed E-state index contributed by atoms with van der Waals surface area (Å²) >= 11 is 0. The Morgan fingerprint density at radius 3 is 2.44 bits per heavy atom. The Kier molecular flexibility index (Phi) is 2.77. The third kappa shape index (κ3) is 1.81. The molecule has 18 heavy (non-hydrogen) atoms. The van der Waals surface area contributed by atoms with E-state index in [0.717, 1.165) is 0 Å². The first kappa shape index (κ1) is 12.1. The topological polar surface area (TPSA) is 80.5 Å². The van der Waals surface area contributed by atoms with E-state index in [4.69, 9.17) is 0 Å². The molecule has 2 rings (SSSR count). The van der Waals surface area contributed by atoms with Gasteiger partial charge in [0.1, 0.15) is 11.5 Å². The summed E-state index contributed by atoms with van der Waals surface area (Å²) in [5, 5.41) is 10.5. The van der Waals surface area contributed by atoms with Gasteiger partial charge in [0.25, 0.3) is 0 Å². The van der Waals surface area contributed by atoms with Crippen LogP contribution in [0.3, 0.4) is 0 Å². The van der Waals surface area contributed by atoms with E-state index >= 15 is 0 Å². The van der Waals surface area contributed by atoms with Crippen molar-refractivity contribution in [2.75, 3.05) is 11.4 Å². The summed E-state index contributed by atoms with van der Waals surface area (Å²) in [5.41, 5.74) is -1.79. The first-order valence-electron chi connectivity index (χ1n) is 4.86. The van der Waals surface area contributed by atoms with Gasteiger partial charge in [-0.05, 0) is 6.07 Å². The van der Waals surface area contributed by atoms with Crippen molar-refractivity contribution in [3.05, 3.63) is 33.9 Å². The lowest BCUT2D eigenvalue weighted by atomic mass is 10.2. The Balaban J connectivity index is 2.57. The van der Waals surface area contributed by atoms with E-state index < -0.39 is 52.6 Å². The van der Waals surface area contributed by atoms with Crippen molar-refractivity contribution in [3.63, 3.8) is 0 Å². The standard InChI is InChI=1S/C10H6F2N2O4/c11-6-1-2-7(14(17)18)9(12)10(6)13-4-5(15)3-8(13)16/h1-2H,3-4H2. The number of halogens is 2. The molecule has 1 fully saturated rings. The number of hydrogen-bond acceptors (Lipinski definition) is 4. The average Bonchev–Trinajstić information content (AvgIpc) is 2.57. The van der Waals surface area contributed by atoms with Crippen LogP contribution in [0.4, 0.5) is 20.2 Å². The van der Waals surface area contributed by atoms with Crippen LogP contribution in [0.2, 0.25) is 0 Å². The molecular formula is C10H6F2N2O4. The summed E-state index contributed by atoms with van der Waals surface area (Å²) < 4.78 is 27.2. The average molecular weight is 256 g/mol. The van der Waals surface area contributed by atoms with Gasteiger partial charge in [-0.3, -0.25) is 24.6 Å². The minimum Gasteiger partial charge on any atom is -0.299 e. The highest BCUT2D eigenvalue weighted by Crippen LogP contribution is 2.32. The monoisotopic (exact) mass is 256 g/mol. The van der Waals surface area contributed by atoms with Crippen LogP contribution in [-0.4, -0.2) is 23.2 Å². The maximum absolute atomic E-state index is 13.7. The van der Waals surface area contributed by atoms with Gasteiger partial charge in [0.05, 0.1) is 17.9 Å². The molecule has 0 radical (unpaired) electrons. The lowest BCUT2D eigenvalue weighted by Gasteiger charge is -2.15. The van der Waals surface area contributed by atoms with Gasteiger partial charge in [0.15, 0.2) is 5.78 Å². The molecule has 0 saturated carbocycles. The van der Waals surface area contributed by atoms with Crippen LogP contribution in [0.25, 0.3) is 0 Å². The first-order chi connectivity index (χ1) is 8.41. The summed E-state index contributed by atoms with van der Waals surface area (Å²) in [7, 11) is 0. The number of rotatable bonds is 2. The Morgan fingerprint density at radius 1 is 1.28 bits per heavy atom.